The van der Waals surface area contributed by atoms with E-state index in [0.29, 0.717) is 19.7 Å². The summed E-state index contributed by atoms with van der Waals surface area (Å²) in [5.41, 5.74) is 1.17. The smallest absolute Gasteiger partial charge is 0.248 e. The lowest BCUT2D eigenvalue weighted by Crippen LogP contribution is -2.57. The maximum atomic E-state index is 12.0. The Morgan fingerprint density at radius 1 is 1.35 bits per heavy atom. The lowest BCUT2D eigenvalue weighted by molar-refractivity contribution is -0.146. The van der Waals surface area contributed by atoms with Gasteiger partial charge >= 0.3 is 0 Å². The lowest BCUT2D eigenvalue weighted by atomic mass is 10.1. The van der Waals surface area contributed by atoms with Crippen LogP contribution in [0.5, 0.6) is 5.75 Å². The van der Waals surface area contributed by atoms with Crippen molar-refractivity contribution in [1.82, 2.24) is 4.90 Å². The van der Waals surface area contributed by atoms with Crippen molar-refractivity contribution >= 4 is 5.91 Å². The molecule has 1 atom stereocenters. The Kier molecular flexibility index (Phi) is 5.51. The molecule has 2 heterocycles. The Labute approximate surface area is 137 Å². The van der Waals surface area contributed by atoms with E-state index in [4.69, 9.17) is 14.2 Å². The van der Waals surface area contributed by atoms with E-state index in [1.54, 1.807) is 4.90 Å². The van der Waals surface area contributed by atoms with Crippen molar-refractivity contribution in [3.8, 4) is 5.75 Å². The van der Waals surface area contributed by atoms with E-state index in [1.165, 1.54) is 12.0 Å². The molecule has 1 aromatic rings. The molecule has 0 aliphatic carbocycles. The highest BCUT2D eigenvalue weighted by molar-refractivity contribution is 5.78. The zero-order chi connectivity index (χ0) is 16.1. The molecule has 2 aliphatic heterocycles. The van der Waals surface area contributed by atoms with Crippen LogP contribution in [-0.2, 0) is 14.3 Å². The molecule has 2 aliphatic rings. The molecule has 3 rings (SSSR count). The second-order valence-electron chi connectivity index (χ2n) is 6.36. The molecule has 2 fully saturated rings. The van der Waals surface area contributed by atoms with Crippen LogP contribution in [0.25, 0.3) is 0 Å². The number of hydrogen-bond donors (Lipinski definition) is 0. The average Bonchev–Trinajstić information content (AvgIpc) is 2.51. The van der Waals surface area contributed by atoms with Crippen LogP contribution in [0, 0.1) is 6.92 Å². The maximum Gasteiger partial charge on any atom is 0.248 e. The first-order valence-corrected chi connectivity index (χ1v) is 8.41. The quantitative estimate of drug-likeness (QED) is 0.806. The van der Waals surface area contributed by atoms with Crippen molar-refractivity contribution in [1.29, 1.82) is 0 Å². The topological polar surface area (TPSA) is 48.0 Å². The Morgan fingerprint density at radius 2 is 2.22 bits per heavy atom. The Bertz CT molecular complexity index is 522. The zero-order valence-corrected chi connectivity index (χ0v) is 13.7. The van der Waals surface area contributed by atoms with Crippen LogP contribution < -0.4 is 4.74 Å². The molecule has 2 saturated heterocycles. The van der Waals surface area contributed by atoms with E-state index >= 15 is 0 Å². The third-order valence-electron chi connectivity index (χ3n) is 4.30. The van der Waals surface area contributed by atoms with Crippen LogP contribution in [-0.4, -0.2) is 55.9 Å². The summed E-state index contributed by atoms with van der Waals surface area (Å²) in [6.45, 7) is 4.77. The number of ether oxygens (including phenoxy) is 3. The van der Waals surface area contributed by atoms with Gasteiger partial charge in [-0.3, -0.25) is 4.79 Å². The molecule has 0 saturated carbocycles. The summed E-state index contributed by atoms with van der Waals surface area (Å²) in [5, 5.41) is 0. The normalized spacial score (nSPS) is 21.8. The minimum Gasteiger partial charge on any atom is -0.487 e. The number of rotatable bonds is 6. The molecule has 126 valence electrons. The minimum absolute atomic E-state index is 0.0323. The number of likely N-dealkylation sites (tertiary alicyclic amines) is 1. The molecule has 1 unspecified atom stereocenters. The van der Waals surface area contributed by atoms with Gasteiger partial charge in [-0.1, -0.05) is 12.1 Å². The number of aryl methyl sites for hydroxylation is 1. The lowest BCUT2D eigenvalue weighted by Gasteiger charge is -2.39. The van der Waals surface area contributed by atoms with Gasteiger partial charge in [-0.05, 0) is 43.9 Å². The SMILES string of the molecule is Cc1cccc(OC2CN(C(=O)COCC3CCCCO3)C2)c1. The maximum absolute atomic E-state index is 12.0. The number of carbonyl (C=O) groups excluding carboxylic acids is 1. The highest BCUT2D eigenvalue weighted by Gasteiger charge is 2.32. The second-order valence-corrected chi connectivity index (χ2v) is 6.36. The fraction of sp³-hybridized carbons (Fsp3) is 0.611. The van der Waals surface area contributed by atoms with E-state index < -0.39 is 0 Å². The van der Waals surface area contributed by atoms with Crippen LogP contribution in [0.2, 0.25) is 0 Å². The van der Waals surface area contributed by atoms with Crippen LogP contribution >= 0.6 is 0 Å². The molecule has 0 bridgehead atoms. The molecule has 23 heavy (non-hydrogen) atoms. The summed E-state index contributed by atoms with van der Waals surface area (Å²) < 4.78 is 16.9. The zero-order valence-electron chi connectivity index (χ0n) is 13.7. The Hall–Kier alpha value is -1.59. The largest absolute Gasteiger partial charge is 0.487 e. The van der Waals surface area contributed by atoms with Crippen LogP contribution in [0.4, 0.5) is 0 Å². The summed E-state index contributed by atoms with van der Waals surface area (Å²) in [7, 11) is 0. The van der Waals surface area contributed by atoms with Gasteiger partial charge < -0.3 is 19.1 Å². The second kappa shape index (κ2) is 7.79. The highest BCUT2D eigenvalue weighted by Crippen LogP contribution is 2.19. The van der Waals surface area contributed by atoms with Crippen molar-refractivity contribution in [2.24, 2.45) is 0 Å². The number of amides is 1. The van der Waals surface area contributed by atoms with E-state index in [1.807, 2.05) is 31.2 Å². The predicted molar refractivity (Wildman–Crippen MR) is 86.6 cm³/mol. The van der Waals surface area contributed by atoms with Crippen LogP contribution in [0.3, 0.4) is 0 Å². The summed E-state index contributed by atoms with van der Waals surface area (Å²) in [6, 6.07) is 7.98. The molecule has 1 amide bonds. The number of benzene rings is 1. The molecule has 5 heteroatoms. The molecular formula is C18H25NO4. The fourth-order valence-corrected chi connectivity index (χ4v) is 2.91. The Balaban J connectivity index is 1.31. The first kappa shape index (κ1) is 16.3. The first-order chi connectivity index (χ1) is 11.2. The van der Waals surface area contributed by atoms with Crippen molar-refractivity contribution in [3.05, 3.63) is 29.8 Å². The summed E-state index contributed by atoms with van der Waals surface area (Å²) in [5.74, 6) is 0.901. The van der Waals surface area contributed by atoms with Crippen molar-refractivity contribution in [2.45, 2.75) is 38.4 Å². The van der Waals surface area contributed by atoms with E-state index in [2.05, 4.69) is 0 Å². The monoisotopic (exact) mass is 319 g/mol. The molecule has 0 aromatic heterocycles. The van der Waals surface area contributed by atoms with Crippen LogP contribution in [0.15, 0.2) is 24.3 Å². The van der Waals surface area contributed by atoms with Crippen molar-refractivity contribution < 1.29 is 19.0 Å². The number of nitrogens with zero attached hydrogens (tertiary/aromatic N) is 1. The van der Waals surface area contributed by atoms with E-state index in [-0.39, 0.29) is 24.7 Å². The molecule has 5 nitrogen and oxygen atoms in total. The fourth-order valence-electron chi connectivity index (χ4n) is 2.91. The number of hydrogen-bond acceptors (Lipinski definition) is 4. The molecular weight excluding hydrogens is 294 g/mol. The standard InChI is InChI=1S/C18H25NO4/c1-14-5-4-7-15(9-14)23-17-10-19(11-17)18(20)13-21-12-16-6-2-3-8-22-16/h4-5,7,9,16-17H,2-3,6,8,10-13H2,1H3. The summed E-state index contributed by atoms with van der Waals surface area (Å²) in [6.07, 6.45) is 3.59. The molecule has 0 N–H and O–H groups in total. The Morgan fingerprint density at radius 3 is 2.96 bits per heavy atom. The van der Waals surface area contributed by atoms with Gasteiger partial charge in [0.05, 0.1) is 25.8 Å². The van der Waals surface area contributed by atoms with E-state index in [0.717, 1.165) is 25.2 Å². The van der Waals surface area contributed by atoms with Gasteiger partial charge in [0, 0.05) is 6.61 Å². The number of carbonyl (C=O) groups is 1. The van der Waals surface area contributed by atoms with Crippen molar-refractivity contribution in [2.75, 3.05) is 32.9 Å². The van der Waals surface area contributed by atoms with Gasteiger partial charge in [0.2, 0.25) is 5.91 Å². The molecule has 1 aromatic carbocycles. The van der Waals surface area contributed by atoms with Gasteiger partial charge in [-0.2, -0.15) is 0 Å². The van der Waals surface area contributed by atoms with Gasteiger partial charge in [0.1, 0.15) is 18.5 Å². The van der Waals surface area contributed by atoms with Crippen LogP contribution in [0.1, 0.15) is 24.8 Å². The van der Waals surface area contributed by atoms with Gasteiger partial charge in [0.25, 0.3) is 0 Å². The van der Waals surface area contributed by atoms with Crippen molar-refractivity contribution in [3.63, 3.8) is 0 Å². The summed E-state index contributed by atoms with van der Waals surface area (Å²) >= 11 is 0. The highest BCUT2D eigenvalue weighted by atomic mass is 16.5. The van der Waals surface area contributed by atoms with Gasteiger partial charge in [0.15, 0.2) is 0 Å². The summed E-state index contributed by atoms with van der Waals surface area (Å²) in [4.78, 5) is 13.8. The third kappa shape index (κ3) is 4.69. The molecule has 0 spiro atoms. The minimum atomic E-state index is 0.0323. The molecule has 0 radical (unpaired) electrons. The predicted octanol–water partition coefficient (Wildman–Crippen LogP) is 2.17. The van der Waals surface area contributed by atoms with E-state index in [9.17, 15) is 4.79 Å². The average molecular weight is 319 g/mol. The van der Waals surface area contributed by atoms with Gasteiger partial charge in [-0.15, -0.1) is 0 Å². The third-order valence-corrected chi connectivity index (χ3v) is 4.30. The first-order valence-electron chi connectivity index (χ1n) is 8.41. The van der Waals surface area contributed by atoms with Gasteiger partial charge in [-0.25, -0.2) is 0 Å².